The summed E-state index contributed by atoms with van der Waals surface area (Å²) in [7, 11) is -3.65. The Bertz CT molecular complexity index is 832. The summed E-state index contributed by atoms with van der Waals surface area (Å²) in [6.07, 6.45) is 0. The Kier molecular flexibility index (Phi) is 3.96. The lowest BCUT2D eigenvalue weighted by Crippen LogP contribution is -2.27. The van der Waals surface area contributed by atoms with Gasteiger partial charge < -0.3 is 5.32 Å². The highest BCUT2D eigenvalue weighted by Gasteiger charge is 2.21. The van der Waals surface area contributed by atoms with Gasteiger partial charge in [0.2, 0.25) is 0 Å². The monoisotopic (exact) mass is 331 g/mol. The Hall–Kier alpha value is -2.54. The molecule has 1 aliphatic rings. The van der Waals surface area contributed by atoms with Crippen molar-refractivity contribution in [1.29, 1.82) is 0 Å². The van der Waals surface area contributed by atoms with Crippen LogP contribution in [0.15, 0.2) is 53.4 Å². The van der Waals surface area contributed by atoms with Gasteiger partial charge in [-0.15, -0.1) is 0 Å². The van der Waals surface area contributed by atoms with Gasteiger partial charge in [-0.1, -0.05) is 23.8 Å². The van der Waals surface area contributed by atoms with E-state index in [-0.39, 0.29) is 10.9 Å². The second kappa shape index (κ2) is 5.92. The second-order valence-corrected chi connectivity index (χ2v) is 7.03. The average Bonchev–Trinajstić information content (AvgIpc) is 2.94. The third-order valence-corrected chi connectivity index (χ3v) is 5.00. The number of nitrogens with zero attached hydrogens (tertiary/aromatic N) is 1. The molecule has 0 aromatic heterocycles. The molecule has 2 aromatic carbocycles. The zero-order valence-corrected chi connectivity index (χ0v) is 13.4. The number of nitrogens with one attached hydrogen (secondary N) is 2. The molecule has 0 atom stereocenters. The van der Waals surface area contributed by atoms with E-state index in [1.54, 1.807) is 53.4 Å². The summed E-state index contributed by atoms with van der Waals surface area (Å²) in [5.74, 6) is 0. The fourth-order valence-electron chi connectivity index (χ4n) is 2.39. The smallest absolute Gasteiger partial charge is 0.321 e. The maximum atomic E-state index is 12.4. The Morgan fingerprint density at radius 2 is 1.87 bits per heavy atom. The van der Waals surface area contributed by atoms with Crippen LogP contribution >= 0.6 is 0 Å². The highest BCUT2D eigenvalue weighted by molar-refractivity contribution is 7.92. The first-order valence-corrected chi connectivity index (χ1v) is 8.69. The van der Waals surface area contributed by atoms with Crippen LogP contribution in [0.5, 0.6) is 0 Å². The first kappa shape index (κ1) is 15.4. The summed E-state index contributed by atoms with van der Waals surface area (Å²) < 4.78 is 27.4. The van der Waals surface area contributed by atoms with Crippen LogP contribution in [0.2, 0.25) is 0 Å². The summed E-state index contributed by atoms with van der Waals surface area (Å²) >= 11 is 0. The van der Waals surface area contributed by atoms with Crippen molar-refractivity contribution in [3.63, 3.8) is 0 Å². The molecule has 1 aliphatic heterocycles. The van der Waals surface area contributed by atoms with E-state index in [4.69, 9.17) is 0 Å². The largest absolute Gasteiger partial charge is 0.336 e. The minimum Gasteiger partial charge on any atom is -0.336 e. The molecule has 0 bridgehead atoms. The predicted octanol–water partition coefficient (Wildman–Crippen LogP) is 2.33. The molecule has 0 aliphatic carbocycles. The zero-order chi connectivity index (χ0) is 16.4. The van der Waals surface area contributed by atoms with Crippen LogP contribution in [0, 0.1) is 6.92 Å². The lowest BCUT2D eigenvalue weighted by Gasteiger charge is -2.16. The molecule has 2 amide bonds. The fraction of sp³-hybridized carbons (Fsp3) is 0.188. The maximum Gasteiger partial charge on any atom is 0.321 e. The van der Waals surface area contributed by atoms with Gasteiger partial charge in [0.1, 0.15) is 0 Å². The number of rotatable bonds is 4. The number of sulfonamides is 1. The zero-order valence-electron chi connectivity index (χ0n) is 12.6. The van der Waals surface area contributed by atoms with E-state index in [0.717, 1.165) is 5.56 Å². The maximum absolute atomic E-state index is 12.4. The van der Waals surface area contributed by atoms with E-state index < -0.39 is 10.0 Å². The van der Waals surface area contributed by atoms with Gasteiger partial charge in [-0.3, -0.25) is 9.62 Å². The number of hydrogen-bond donors (Lipinski definition) is 2. The lowest BCUT2D eigenvalue weighted by atomic mass is 10.2. The molecule has 7 heteroatoms. The molecule has 23 heavy (non-hydrogen) atoms. The molecule has 0 saturated carbocycles. The summed E-state index contributed by atoms with van der Waals surface area (Å²) in [6, 6.07) is 13.2. The molecular weight excluding hydrogens is 314 g/mol. The minimum absolute atomic E-state index is 0.177. The van der Waals surface area contributed by atoms with Gasteiger partial charge in [-0.25, -0.2) is 13.2 Å². The van der Waals surface area contributed by atoms with Crippen LogP contribution in [-0.4, -0.2) is 27.5 Å². The second-order valence-electron chi connectivity index (χ2n) is 5.35. The van der Waals surface area contributed by atoms with Gasteiger partial charge in [-0.05, 0) is 37.3 Å². The minimum atomic E-state index is -3.65. The number of urea groups is 1. The molecule has 2 aromatic rings. The molecule has 6 nitrogen and oxygen atoms in total. The van der Waals surface area contributed by atoms with Crippen molar-refractivity contribution in [2.75, 3.05) is 22.7 Å². The molecule has 0 spiro atoms. The van der Waals surface area contributed by atoms with Crippen LogP contribution in [0.3, 0.4) is 0 Å². The molecule has 0 unspecified atom stereocenters. The predicted molar refractivity (Wildman–Crippen MR) is 89.2 cm³/mol. The van der Waals surface area contributed by atoms with Gasteiger partial charge in [0, 0.05) is 18.8 Å². The Morgan fingerprint density at radius 3 is 2.52 bits per heavy atom. The van der Waals surface area contributed by atoms with E-state index in [1.165, 1.54) is 0 Å². The molecule has 1 heterocycles. The fourth-order valence-corrected chi connectivity index (χ4v) is 3.44. The summed E-state index contributed by atoms with van der Waals surface area (Å²) in [4.78, 5) is 13.5. The van der Waals surface area contributed by atoms with E-state index in [1.807, 2.05) is 6.92 Å². The van der Waals surface area contributed by atoms with Gasteiger partial charge in [0.25, 0.3) is 10.0 Å². The Labute approximate surface area is 135 Å². The van der Waals surface area contributed by atoms with Crippen molar-refractivity contribution in [1.82, 2.24) is 5.32 Å². The van der Waals surface area contributed by atoms with Crippen molar-refractivity contribution >= 4 is 27.4 Å². The summed E-state index contributed by atoms with van der Waals surface area (Å²) in [6.45, 7) is 3.04. The topological polar surface area (TPSA) is 78.5 Å². The number of amides is 2. The van der Waals surface area contributed by atoms with Crippen LogP contribution in [0.4, 0.5) is 16.2 Å². The van der Waals surface area contributed by atoms with Crippen molar-refractivity contribution in [2.24, 2.45) is 0 Å². The van der Waals surface area contributed by atoms with Gasteiger partial charge in [0.05, 0.1) is 10.6 Å². The first-order chi connectivity index (χ1) is 11.0. The van der Waals surface area contributed by atoms with Gasteiger partial charge in [0.15, 0.2) is 0 Å². The van der Waals surface area contributed by atoms with Crippen molar-refractivity contribution < 1.29 is 13.2 Å². The highest BCUT2D eigenvalue weighted by atomic mass is 32.2. The third-order valence-electron chi connectivity index (χ3n) is 3.60. The quantitative estimate of drug-likeness (QED) is 0.902. The number of anilines is 2. The number of carbonyl (C=O) groups is 1. The molecule has 1 saturated heterocycles. The van der Waals surface area contributed by atoms with Crippen LogP contribution in [0.25, 0.3) is 0 Å². The summed E-state index contributed by atoms with van der Waals surface area (Å²) in [5, 5.41) is 2.72. The molecule has 0 radical (unpaired) electrons. The third kappa shape index (κ3) is 3.29. The first-order valence-electron chi connectivity index (χ1n) is 7.21. The van der Waals surface area contributed by atoms with Gasteiger partial charge >= 0.3 is 6.03 Å². The molecule has 1 fully saturated rings. The Balaban J connectivity index is 1.85. The van der Waals surface area contributed by atoms with Crippen LogP contribution < -0.4 is 14.9 Å². The highest BCUT2D eigenvalue weighted by Crippen LogP contribution is 2.23. The lowest BCUT2D eigenvalue weighted by molar-refractivity contribution is 0.252. The normalized spacial score (nSPS) is 14.7. The van der Waals surface area contributed by atoms with Crippen LogP contribution in [-0.2, 0) is 10.0 Å². The molecular formula is C16H17N3O3S. The van der Waals surface area contributed by atoms with Crippen molar-refractivity contribution in [2.45, 2.75) is 11.8 Å². The number of aryl methyl sites for hydroxylation is 1. The number of benzene rings is 2. The van der Waals surface area contributed by atoms with Crippen molar-refractivity contribution in [3.05, 3.63) is 54.1 Å². The van der Waals surface area contributed by atoms with E-state index >= 15 is 0 Å². The molecule has 120 valence electrons. The number of hydrogen-bond acceptors (Lipinski definition) is 3. The average molecular weight is 331 g/mol. The van der Waals surface area contributed by atoms with E-state index in [2.05, 4.69) is 10.0 Å². The SMILES string of the molecule is Cc1ccc(S(=O)(=O)Nc2cccc(N3CCNC3=O)c2)cc1. The molecule has 2 N–H and O–H groups in total. The Morgan fingerprint density at radius 1 is 1.13 bits per heavy atom. The standard InChI is InChI=1S/C16H17N3O3S/c1-12-5-7-15(8-6-12)23(21,22)18-13-3-2-4-14(11-13)19-10-9-17-16(19)20/h2-8,11,18H,9-10H2,1H3,(H,17,20). The van der Waals surface area contributed by atoms with Crippen molar-refractivity contribution in [3.8, 4) is 0 Å². The van der Waals surface area contributed by atoms with Gasteiger partial charge in [-0.2, -0.15) is 0 Å². The summed E-state index contributed by atoms with van der Waals surface area (Å²) in [5.41, 5.74) is 2.07. The number of carbonyl (C=O) groups excluding carboxylic acids is 1. The van der Waals surface area contributed by atoms with E-state index in [0.29, 0.717) is 24.5 Å². The molecule has 3 rings (SSSR count). The van der Waals surface area contributed by atoms with Crippen LogP contribution in [0.1, 0.15) is 5.56 Å². The van der Waals surface area contributed by atoms with E-state index in [9.17, 15) is 13.2 Å².